The zero-order valence-corrected chi connectivity index (χ0v) is 19.0. The number of H-pyrrole nitrogens is 1. The van der Waals surface area contributed by atoms with Gasteiger partial charge in [0.25, 0.3) is 5.56 Å². The maximum atomic E-state index is 12.9. The molecule has 1 saturated carbocycles. The summed E-state index contributed by atoms with van der Waals surface area (Å²) in [5.74, 6) is 1.34. The second-order valence-electron chi connectivity index (χ2n) is 7.91. The second kappa shape index (κ2) is 7.79. The Balaban J connectivity index is 1.34. The smallest absolute Gasteiger partial charge is 0.260 e. The summed E-state index contributed by atoms with van der Waals surface area (Å²) in [5, 5.41) is 3.42. The van der Waals surface area contributed by atoms with Crippen molar-refractivity contribution in [2.24, 2.45) is 0 Å². The highest BCUT2D eigenvalue weighted by molar-refractivity contribution is 7.99. The Morgan fingerprint density at radius 1 is 1.22 bits per heavy atom. The van der Waals surface area contributed by atoms with Gasteiger partial charge < -0.3 is 14.0 Å². The average Bonchev–Trinajstić information content (AvgIpc) is 3.19. The van der Waals surface area contributed by atoms with Crippen molar-refractivity contribution < 1.29 is 4.42 Å². The van der Waals surface area contributed by atoms with Gasteiger partial charge in [-0.1, -0.05) is 42.1 Å². The minimum absolute atomic E-state index is 0.0511. The molecular formula is C24H20N4O2S2. The number of aromatic nitrogens is 4. The highest BCUT2D eigenvalue weighted by Gasteiger charge is 2.30. The van der Waals surface area contributed by atoms with Gasteiger partial charge in [0.1, 0.15) is 16.4 Å². The molecule has 32 heavy (non-hydrogen) atoms. The first-order chi connectivity index (χ1) is 15.7. The van der Waals surface area contributed by atoms with Gasteiger partial charge in [0, 0.05) is 17.0 Å². The fourth-order valence-corrected chi connectivity index (χ4v) is 5.87. The number of thioether (sulfide) groups is 1. The third kappa shape index (κ3) is 3.40. The van der Waals surface area contributed by atoms with Crippen molar-refractivity contribution in [1.29, 1.82) is 0 Å². The van der Waals surface area contributed by atoms with Crippen molar-refractivity contribution >= 4 is 33.3 Å². The van der Waals surface area contributed by atoms with Crippen molar-refractivity contribution in [3.05, 3.63) is 76.5 Å². The summed E-state index contributed by atoms with van der Waals surface area (Å²) in [4.78, 5) is 26.2. The number of hydrogen-bond donors (Lipinski definition) is 1. The van der Waals surface area contributed by atoms with Gasteiger partial charge in [-0.15, -0.1) is 11.3 Å². The average molecular weight is 461 g/mol. The summed E-state index contributed by atoms with van der Waals surface area (Å²) in [5.41, 5.74) is 2.96. The van der Waals surface area contributed by atoms with Crippen LogP contribution in [0.3, 0.4) is 0 Å². The van der Waals surface area contributed by atoms with Crippen LogP contribution < -0.4 is 5.56 Å². The van der Waals surface area contributed by atoms with Crippen molar-refractivity contribution in [3.8, 4) is 22.6 Å². The first kappa shape index (κ1) is 19.6. The maximum absolute atomic E-state index is 12.9. The predicted octanol–water partition coefficient (Wildman–Crippen LogP) is 6.30. The van der Waals surface area contributed by atoms with E-state index in [0.717, 1.165) is 21.2 Å². The lowest BCUT2D eigenvalue weighted by atomic mass is 10.2. The van der Waals surface area contributed by atoms with E-state index in [1.54, 1.807) is 18.0 Å². The van der Waals surface area contributed by atoms with Gasteiger partial charge in [0.15, 0.2) is 5.16 Å². The molecule has 8 heteroatoms. The van der Waals surface area contributed by atoms with Crippen LogP contribution in [-0.4, -0.2) is 19.5 Å². The van der Waals surface area contributed by atoms with E-state index in [4.69, 9.17) is 14.4 Å². The van der Waals surface area contributed by atoms with Crippen LogP contribution in [-0.2, 0) is 0 Å². The minimum atomic E-state index is -0.138. The molecule has 1 atom stereocenters. The molecule has 0 saturated heterocycles. The van der Waals surface area contributed by atoms with E-state index in [-0.39, 0.29) is 10.8 Å². The van der Waals surface area contributed by atoms with Crippen molar-refractivity contribution in [2.75, 3.05) is 0 Å². The molecule has 1 aromatic carbocycles. The van der Waals surface area contributed by atoms with E-state index in [9.17, 15) is 4.79 Å². The zero-order chi connectivity index (χ0) is 21.7. The third-order valence-electron chi connectivity index (χ3n) is 5.66. The first-order valence-corrected chi connectivity index (χ1v) is 12.3. The third-order valence-corrected chi connectivity index (χ3v) is 7.62. The summed E-state index contributed by atoms with van der Waals surface area (Å²) in [6.07, 6.45) is 5.91. The number of thiophene rings is 1. The SMILES string of the molecule is C[C@@H](Sc1ncc(-c2ccccc2)n1C1CC1)c1nc2scc(-c3ccco3)c2c(=O)[nH]1. The maximum Gasteiger partial charge on any atom is 0.260 e. The van der Waals surface area contributed by atoms with Gasteiger partial charge >= 0.3 is 0 Å². The number of nitrogens with one attached hydrogen (secondary N) is 1. The molecule has 1 fully saturated rings. The van der Waals surface area contributed by atoms with Gasteiger partial charge in [0.2, 0.25) is 0 Å². The molecule has 6 rings (SSSR count). The molecule has 0 amide bonds. The van der Waals surface area contributed by atoms with Crippen LogP contribution in [0.2, 0.25) is 0 Å². The summed E-state index contributed by atoms with van der Waals surface area (Å²) in [6.45, 7) is 2.06. The Hall–Kier alpha value is -3.10. The molecule has 4 aromatic heterocycles. The Morgan fingerprint density at radius 2 is 2.06 bits per heavy atom. The van der Waals surface area contributed by atoms with E-state index in [2.05, 4.69) is 40.7 Å². The van der Waals surface area contributed by atoms with Crippen molar-refractivity contribution in [1.82, 2.24) is 19.5 Å². The largest absolute Gasteiger partial charge is 0.464 e. The van der Waals surface area contributed by atoms with Crippen LogP contribution in [0.15, 0.2) is 74.7 Å². The highest BCUT2D eigenvalue weighted by Crippen LogP contribution is 2.44. The van der Waals surface area contributed by atoms with E-state index in [1.165, 1.54) is 29.7 Å². The molecule has 0 radical (unpaired) electrons. The number of nitrogens with zero attached hydrogens (tertiary/aromatic N) is 3. The number of hydrogen-bond acceptors (Lipinski definition) is 6. The number of rotatable bonds is 6. The summed E-state index contributed by atoms with van der Waals surface area (Å²) < 4.78 is 7.83. The normalized spacial score (nSPS) is 14.8. The number of benzene rings is 1. The Bertz CT molecular complexity index is 1450. The van der Waals surface area contributed by atoms with E-state index in [1.807, 2.05) is 29.8 Å². The summed E-state index contributed by atoms with van der Waals surface area (Å²) >= 11 is 3.10. The molecule has 1 aliphatic carbocycles. The predicted molar refractivity (Wildman–Crippen MR) is 128 cm³/mol. The number of furan rings is 1. The monoisotopic (exact) mass is 460 g/mol. The van der Waals surface area contributed by atoms with Crippen LogP contribution in [0, 0.1) is 0 Å². The summed E-state index contributed by atoms with van der Waals surface area (Å²) in [6, 6.07) is 14.5. The van der Waals surface area contributed by atoms with Gasteiger partial charge in [-0.2, -0.15) is 0 Å². The molecule has 160 valence electrons. The molecule has 4 heterocycles. The van der Waals surface area contributed by atoms with Crippen LogP contribution in [0.4, 0.5) is 0 Å². The number of fused-ring (bicyclic) bond motifs is 1. The molecule has 1 N–H and O–H groups in total. The fraction of sp³-hybridized carbons (Fsp3) is 0.208. The lowest BCUT2D eigenvalue weighted by Gasteiger charge is -2.14. The second-order valence-corrected chi connectivity index (χ2v) is 10.1. The Morgan fingerprint density at radius 3 is 2.81 bits per heavy atom. The zero-order valence-electron chi connectivity index (χ0n) is 17.3. The van der Waals surface area contributed by atoms with Crippen LogP contribution in [0.5, 0.6) is 0 Å². The molecule has 0 unspecified atom stereocenters. The van der Waals surface area contributed by atoms with Crippen LogP contribution in [0.25, 0.3) is 32.8 Å². The fourth-order valence-electron chi connectivity index (χ4n) is 3.92. The van der Waals surface area contributed by atoms with Gasteiger partial charge in [-0.3, -0.25) is 4.79 Å². The molecular weight excluding hydrogens is 440 g/mol. The number of imidazole rings is 1. The molecule has 6 nitrogen and oxygen atoms in total. The van der Waals surface area contributed by atoms with Crippen molar-refractivity contribution in [3.63, 3.8) is 0 Å². The van der Waals surface area contributed by atoms with E-state index in [0.29, 0.717) is 23.0 Å². The topological polar surface area (TPSA) is 76.7 Å². The summed E-state index contributed by atoms with van der Waals surface area (Å²) in [7, 11) is 0. The molecule has 0 aliphatic heterocycles. The van der Waals surface area contributed by atoms with Gasteiger partial charge in [0.05, 0.1) is 28.8 Å². The molecule has 5 aromatic rings. The van der Waals surface area contributed by atoms with E-state index >= 15 is 0 Å². The van der Waals surface area contributed by atoms with Crippen LogP contribution >= 0.6 is 23.1 Å². The number of aromatic amines is 1. The van der Waals surface area contributed by atoms with Crippen molar-refractivity contribution in [2.45, 2.75) is 36.2 Å². The standard InChI is InChI=1S/C24H20N4O2S2/c1-14(21-26-22(29)20-17(13-31-23(20)27-21)19-8-5-11-30-19)32-24-25-12-18(28(24)16-9-10-16)15-6-3-2-4-7-15/h2-8,11-14,16H,9-10H2,1H3,(H,26,27,29)/t14-/m1/s1. The van der Waals surface area contributed by atoms with Crippen LogP contribution in [0.1, 0.15) is 36.9 Å². The molecule has 0 bridgehead atoms. The lowest BCUT2D eigenvalue weighted by Crippen LogP contribution is -2.12. The Kier molecular flexibility index (Phi) is 4.77. The Labute approximate surface area is 192 Å². The van der Waals surface area contributed by atoms with Gasteiger partial charge in [-0.05, 0) is 37.5 Å². The first-order valence-electron chi connectivity index (χ1n) is 10.5. The molecule has 0 spiro atoms. The van der Waals surface area contributed by atoms with Gasteiger partial charge in [-0.25, -0.2) is 9.97 Å². The quantitative estimate of drug-likeness (QED) is 0.301. The lowest BCUT2D eigenvalue weighted by molar-refractivity contribution is 0.583. The highest BCUT2D eigenvalue weighted by atomic mass is 32.2. The minimum Gasteiger partial charge on any atom is -0.464 e. The molecule has 1 aliphatic rings. The van der Waals surface area contributed by atoms with E-state index < -0.39 is 0 Å².